The minimum atomic E-state index is -4.47. The maximum absolute atomic E-state index is 12.5. The molecule has 1 aromatic carbocycles. The molecule has 6 nitrogen and oxygen atoms in total. The molecule has 0 fully saturated rings. The van der Waals surface area contributed by atoms with E-state index in [1.54, 1.807) is 0 Å². The normalized spacial score (nSPS) is 12.5. The third-order valence-electron chi connectivity index (χ3n) is 3.42. The molecule has 25 heavy (non-hydrogen) atoms. The van der Waals surface area contributed by atoms with Gasteiger partial charge in [0.15, 0.2) is 15.4 Å². The molecule has 2 heterocycles. The van der Waals surface area contributed by atoms with Gasteiger partial charge in [-0.25, -0.2) is 13.4 Å². The van der Waals surface area contributed by atoms with Crippen LogP contribution in [-0.4, -0.2) is 24.1 Å². The zero-order chi connectivity index (χ0) is 18.2. The molecular weight excluding hydrogens is 359 g/mol. The van der Waals surface area contributed by atoms with Crippen molar-refractivity contribution in [1.82, 2.24) is 9.97 Å². The molecule has 2 aromatic heterocycles. The summed E-state index contributed by atoms with van der Waals surface area (Å²) in [5.41, 5.74) is -0.224. The third-order valence-corrected chi connectivity index (χ3v) is 5.16. The summed E-state index contributed by atoms with van der Waals surface area (Å²) in [4.78, 5) is 7.86. The summed E-state index contributed by atoms with van der Waals surface area (Å²) in [6, 6.07) is 6.27. The van der Waals surface area contributed by atoms with Gasteiger partial charge >= 0.3 is 12.2 Å². The number of aromatic nitrogens is 2. The third kappa shape index (κ3) is 3.58. The van der Waals surface area contributed by atoms with E-state index in [-0.39, 0.29) is 22.5 Å². The van der Waals surface area contributed by atoms with Gasteiger partial charge in [-0.1, -0.05) is 6.92 Å². The zero-order valence-corrected chi connectivity index (χ0v) is 13.6. The van der Waals surface area contributed by atoms with E-state index in [0.29, 0.717) is 17.3 Å². The van der Waals surface area contributed by atoms with Gasteiger partial charge in [0.2, 0.25) is 0 Å². The number of benzene rings is 1. The largest absolute Gasteiger partial charge is 0.423 e. The van der Waals surface area contributed by atoms with E-state index in [4.69, 9.17) is 4.42 Å². The highest BCUT2D eigenvalue weighted by molar-refractivity contribution is 7.91. The molecule has 3 aromatic rings. The van der Waals surface area contributed by atoms with Crippen LogP contribution in [0, 0.1) is 0 Å². The summed E-state index contributed by atoms with van der Waals surface area (Å²) >= 11 is 0. The molecule has 0 spiro atoms. The van der Waals surface area contributed by atoms with Crippen LogP contribution in [0.5, 0.6) is 0 Å². The van der Waals surface area contributed by atoms with Crippen molar-refractivity contribution in [3.05, 3.63) is 42.1 Å². The Morgan fingerprint density at radius 1 is 1.20 bits per heavy atom. The summed E-state index contributed by atoms with van der Waals surface area (Å²) in [6.07, 6.45) is -3.78. The van der Waals surface area contributed by atoms with Crippen LogP contribution in [0.1, 0.15) is 12.5 Å². The van der Waals surface area contributed by atoms with Crippen LogP contribution in [0.3, 0.4) is 0 Å². The van der Waals surface area contributed by atoms with Crippen LogP contribution in [-0.2, 0) is 16.0 Å². The molecule has 0 radical (unpaired) electrons. The number of nitrogens with one attached hydrogen (secondary N) is 1. The number of hydrogen-bond acceptors (Lipinski definition) is 6. The second kappa shape index (κ2) is 6.03. The van der Waals surface area contributed by atoms with Gasteiger partial charge < -0.3 is 4.42 Å². The van der Waals surface area contributed by atoms with Crippen molar-refractivity contribution in [2.75, 3.05) is 11.1 Å². The Hall–Kier alpha value is -2.62. The predicted molar refractivity (Wildman–Crippen MR) is 84.3 cm³/mol. The van der Waals surface area contributed by atoms with E-state index in [1.807, 2.05) is 0 Å². The summed E-state index contributed by atoms with van der Waals surface area (Å²) in [5, 5.41) is 2.64. The molecule has 132 valence electrons. The first-order valence-corrected chi connectivity index (χ1v) is 8.78. The number of nitrogens with zero attached hydrogens (tertiary/aromatic N) is 2. The van der Waals surface area contributed by atoms with Crippen molar-refractivity contribution in [2.24, 2.45) is 0 Å². The van der Waals surface area contributed by atoms with Crippen molar-refractivity contribution in [3.63, 3.8) is 0 Å². The van der Waals surface area contributed by atoms with Gasteiger partial charge in [0.1, 0.15) is 11.3 Å². The fourth-order valence-corrected chi connectivity index (χ4v) is 2.97. The average molecular weight is 371 g/mol. The molecular formula is C15H12F3N3O3S. The van der Waals surface area contributed by atoms with Gasteiger partial charge in [0.25, 0.3) is 0 Å². The highest BCUT2D eigenvalue weighted by Gasteiger charge is 2.30. The van der Waals surface area contributed by atoms with E-state index >= 15 is 0 Å². The minimum absolute atomic E-state index is 0.00620. The van der Waals surface area contributed by atoms with Crippen LogP contribution in [0.15, 0.2) is 45.8 Å². The lowest BCUT2D eigenvalue weighted by Gasteiger charge is -2.06. The average Bonchev–Trinajstić information content (AvgIpc) is 2.95. The van der Waals surface area contributed by atoms with Crippen molar-refractivity contribution in [1.29, 1.82) is 0 Å². The van der Waals surface area contributed by atoms with E-state index in [1.165, 1.54) is 25.1 Å². The van der Waals surface area contributed by atoms with Crippen molar-refractivity contribution >= 4 is 32.8 Å². The SMILES string of the molecule is CCS(=O)(=O)c1ccc2oc(Nc3ccc(C(F)(F)F)cn3)nc2c1. The maximum atomic E-state index is 12.5. The molecule has 0 aliphatic rings. The Morgan fingerprint density at radius 2 is 1.96 bits per heavy atom. The van der Waals surface area contributed by atoms with Crippen LogP contribution < -0.4 is 5.32 Å². The highest BCUT2D eigenvalue weighted by atomic mass is 32.2. The van der Waals surface area contributed by atoms with Crippen molar-refractivity contribution < 1.29 is 26.0 Å². The summed E-state index contributed by atoms with van der Waals surface area (Å²) in [5.74, 6) is 0.0673. The van der Waals surface area contributed by atoms with E-state index in [9.17, 15) is 21.6 Å². The summed E-state index contributed by atoms with van der Waals surface area (Å²) in [7, 11) is -3.38. The number of sulfone groups is 1. The maximum Gasteiger partial charge on any atom is 0.417 e. The fourth-order valence-electron chi connectivity index (χ4n) is 2.07. The lowest BCUT2D eigenvalue weighted by atomic mass is 10.3. The molecule has 0 saturated carbocycles. The molecule has 0 atom stereocenters. The number of halogens is 3. The lowest BCUT2D eigenvalue weighted by Crippen LogP contribution is -2.05. The minimum Gasteiger partial charge on any atom is -0.423 e. The van der Waals surface area contributed by atoms with Crippen molar-refractivity contribution in [3.8, 4) is 0 Å². The molecule has 0 saturated heterocycles. The number of alkyl halides is 3. The van der Waals surface area contributed by atoms with Crippen molar-refractivity contribution in [2.45, 2.75) is 18.0 Å². The van der Waals surface area contributed by atoms with Gasteiger partial charge in [-0.3, -0.25) is 5.32 Å². The predicted octanol–water partition coefficient (Wildman–Crippen LogP) is 3.78. The number of rotatable bonds is 4. The van der Waals surface area contributed by atoms with Crippen LogP contribution in [0.4, 0.5) is 25.0 Å². The van der Waals surface area contributed by atoms with Gasteiger partial charge in [0, 0.05) is 6.20 Å². The standard InChI is InChI=1S/C15H12F3N3O3S/c1-2-25(22,23)10-4-5-12-11(7-10)20-14(24-12)21-13-6-3-9(8-19-13)15(16,17)18/h3-8H,2H2,1H3,(H,19,20,21). The molecule has 0 amide bonds. The number of oxazole rings is 1. The first-order chi connectivity index (χ1) is 11.7. The molecule has 3 rings (SSSR count). The second-order valence-corrected chi connectivity index (χ2v) is 7.39. The second-order valence-electron chi connectivity index (χ2n) is 5.11. The topological polar surface area (TPSA) is 85.1 Å². The molecule has 0 aliphatic carbocycles. The van der Waals surface area contributed by atoms with E-state index in [0.717, 1.165) is 12.1 Å². The molecule has 10 heteroatoms. The van der Waals surface area contributed by atoms with Gasteiger partial charge in [-0.2, -0.15) is 18.2 Å². The quantitative estimate of drug-likeness (QED) is 0.751. The number of fused-ring (bicyclic) bond motifs is 1. The molecule has 0 bridgehead atoms. The van der Waals surface area contributed by atoms with Crippen LogP contribution in [0.25, 0.3) is 11.1 Å². The smallest absolute Gasteiger partial charge is 0.417 e. The summed E-state index contributed by atoms with van der Waals surface area (Å²) in [6.45, 7) is 1.53. The van der Waals surface area contributed by atoms with E-state index in [2.05, 4.69) is 15.3 Å². The Morgan fingerprint density at radius 3 is 2.56 bits per heavy atom. The Bertz CT molecular complexity index is 1010. The number of anilines is 2. The Kier molecular flexibility index (Phi) is 4.15. The van der Waals surface area contributed by atoms with Crippen LogP contribution >= 0.6 is 0 Å². The van der Waals surface area contributed by atoms with Gasteiger partial charge in [0.05, 0.1) is 16.2 Å². The van der Waals surface area contributed by atoms with Crippen LogP contribution in [0.2, 0.25) is 0 Å². The zero-order valence-electron chi connectivity index (χ0n) is 12.8. The molecule has 1 N–H and O–H groups in total. The first kappa shape index (κ1) is 17.2. The first-order valence-electron chi connectivity index (χ1n) is 7.12. The summed E-state index contributed by atoms with van der Waals surface area (Å²) < 4.78 is 66.7. The molecule has 0 aliphatic heterocycles. The number of pyridine rings is 1. The lowest BCUT2D eigenvalue weighted by molar-refractivity contribution is -0.137. The Labute approximate surface area is 140 Å². The van der Waals surface area contributed by atoms with Gasteiger partial charge in [-0.15, -0.1) is 0 Å². The molecule has 0 unspecified atom stereocenters. The fraction of sp³-hybridized carbons (Fsp3) is 0.200. The Balaban J connectivity index is 1.87. The van der Waals surface area contributed by atoms with Gasteiger partial charge in [-0.05, 0) is 30.3 Å². The number of hydrogen-bond donors (Lipinski definition) is 1. The highest BCUT2D eigenvalue weighted by Crippen LogP contribution is 2.29. The monoisotopic (exact) mass is 371 g/mol. The van der Waals surface area contributed by atoms with E-state index < -0.39 is 21.6 Å².